The van der Waals surface area contributed by atoms with Crippen LogP contribution >= 0.6 is 0 Å². The lowest BCUT2D eigenvalue weighted by molar-refractivity contribution is 0.230. The second-order valence-corrected chi connectivity index (χ2v) is 17.1. The molecule has 0 fully saturated rings. The molecule has 0 saturated heterocycles. The van der Waals surface area contributed by atoms with Gasteiger partial charge in [0, 0.05) is 0 Å². The molecule has 0 aromatic heterocycles. The average Bonchev–Trinajstić information content (AvgIpc) is 2.84. The Kier molecular flexibility index (Phi) is 8.18. The van der Waals surface area contributed by atoms with E-state index in [1.807, 2.05) is 87.5 Å². The number of nitrogens with zero attached hydrogens (tertiary/aromatic N) is 1. The molecule has 0 radical (unpaired) electrons. The molecule has 0 heterocycles. The van der Waals surface area contributed by atoms with Gasteiger partial charge in [-0.05, 0) is 41.7 Å². The summed E-state index contributed by atoms with van der Waals surface area (Å²) in [7, 11) is -4.38. The van der Waals surface area contributed by atoms with Gasteiger partial charge in [0.15, 0.2) is 5.54 Å². The molecule has 6 heteroatoms. The monoisotopic (exact) mass is 504 g/mol. The summed E-state index contributed by atoms with van der Waals surface area (Å²) < 4.78 is 23.0. The van der Waals surface area contributed by atoms with Crippen LogP contribution in [0.15, 0.2) is 91.0 Å². The van der Waals surface area contributed by atoms with Crippen molar-refractivity contribution in [1.29, 1.82) is 5.26 Å². The molecule has 0 aliphatic rings. The molecule has 184 valence electrons. The lowest BCUT2D eigenvalue weighted by atomic mass is 9.94. The van der Waals surface area contributed by atoms with E-state index < -0.39 is 29.6 Å². The van der Waals surface area contributed by atoms with Gasteiger partial charge in [-0.15, -0.1) is 0 Å². The van der Waals surface area contributed by atoms with Crippen LogP contribution in [-0.4, -0.2) is 23.9 Å². The van der Waals surface area contributed by atoms with E-state index in [2.05, 4.69) is 55.8 Å². The summed E-state index contributed by atoms with van der Waals surface area (Å²) in [6.07, 6.45) is 0. The van der Waals surface area contributed by atoms with Crippen LogP contribution in [0.5, 0.6) is 0 Å². The topological polar surface area (TPSA) is 62.1 Å². The van der Waals surface area contributed by atoms with Crippen molar-refractivity contribution in [3.8, 4) is 6.07 Å². The number of benzene rings is 3. The van der Waals surface area contributed by atoms with Gasteiger partial charge in [0.1, 0.15) is 0 Å². The first kappa shape index (κ1) is 27.0. The Balaban J connectivity index is 2.19. The Bertz CT molecular complexity index is 1130. The van der Waals surface area contributed by atoms with Crippen LogP contribution in [-0.2, 0) is 21.0 Å². The number of nitriles is 1. The van der Waals surface area contributed by atoms with Crippen molar-refractivity contribution >= 4 is 29.7 Å². The van der Waals surface area contributed by atoms with E-state index in [-0.39, 0.29) is 11.6 Å². The largest absolute Gasteiger partial charge is 0.404 e. The van der Waals surface area contributed by atoms with E-state index in [1.165, 1.54) is 0 Å². The first-order valence-electron chi connectivity index (χ1n) is 11.9. The van der Waals surface area contributed by atoms with Crippen molar-refractivity contribution in [2.24, 2.45) is 0 Å². The van der Waals surface area contributed by atoms with Gasteiger partial charge in [0.05, 0.1) is 28.4 Å². The summed E-state index contributed by atoms with van der Waals surface area (Å²) in [5, 5.41) is 12.6. The summed E-state index contributed by atoms with van der Waals surface area (Å²) in [6.45, 7) is 12.4. The fourth-order valence-electron chi connectivity index (χ4n) is 4.30. The maximum absolute atomic E-state index is 13.3. The van der Waals surface area contributed by atoms with Gasteiger partial charge in [0.2, 0.25) is 0 Å². The van der Waals surface area contributed by atoms with Crippen LogP contribution in [0.4, 0.5) is 0 Å². The molecule has 1 unspecified atom stereocenters. The van der Waals surface area contributed by atoms with Gasteiger partial charge >= 0.3 is 0 Å². The quantitative estimate of drug-likeness (QED) is 0.438. The van der Waals surface area contributed by atoms with E-state index in [1.54, 1.807) is 0 Å². The molecule has 0 bridgehead atoms. The zero-order valence-electron chi connectivity index (χ0n) is 21.5. The van der Waals surface area contributed by atoms with E-state index in [0.717, 1.165) is 15.9 Å². The molecule has 3 rings (SSSR count). The minimum Gasteiger partial charge on any atom is -0.404 e. The van der Waals surface area contributed by atoms with E-state index in [4.69, 9.17) is 4.43 Å². The van der Waals surface area contributed by atoms with Crippen LogP contribution in [0, 0.1) is 11.3 Å². The van der Waals surface area contributed by atoms with Crippen LogP contribution in [0.3, 0.4) is 0 Å². The fraction of sp³-hybridized carbons (Fsp3) is 0.345. The average molecular weight is 505 g/mol. The van der Waals surface area contributed by atoms with E-state index >= 15 is 0 Å². The number of hydrogen-bond donors (Lipinski definition) is 1. The Morgan fingerprint density at radius 3 is 1.60 bits per heavy atom. The van der Waals surface area contributed by atoms with Crippen molar-refractivity contribution in [3.05, 3.63) is 96.6 Å². The molecule has 4 nitrogen and oxygen atoms in total. The minimum absolute atomic E-state index is 0.0581. The maximum Gasteiger partial charge on any atom is 0.261 e. The van der Waals surface area contributed by atoms with Gasteiger partial charge in [-0.1, -0.05) is 112 Å². The molecule has 0 saturated carbocycles. The Morgan fingerprint density at radius 2 is 1.23 bits per heavy atom. The number of hydrogen-bond acceptors (Lipinski definition) is 3. The Morgan fingerprint density at radius 1 is 0.800 bits per heavy atom. The minimum atomic E-state index is -2.90. The van der Waals surface area contributed by atoms with Crippen molar-refractivity contribution in [2.75, 3.05) is 6.61 Å². The molecular formula is C29H36N2O2SSi. The molecule has 0 spiro atoms. The molecular weight excluding hydrogens is 468 g/mol. The molecule has 0 aliphatic carbocycles. The van der Waals surface area contributed by atoms with Crippen LogP contribution in [0.2, 0.25) is 5.04 Å². The fourth-order valence-corrected chi connectivity index (χ4v) is 9.74. The smallest absolute Gasteiger partial charge is 0.261 e. The SMILES string of the molecule is CC(C)(C)S(=O)N[C@@](C#N)(CO[Si](c1ccccc1)(c1ccccc1)C(C)(C)C)c1ccccc1. The lowest BCUT2D eigenvalue weighted by Gasteiger charge is -2.45. The summed E-state index contributed by atoms with van der Waals surface area (Å²) in [5.74, 6) is 0. The molecule has 3 aromatic rings. The highest BCUT2D eigenvalue weighted by molar-refractivity contribution is 7.84. The van der Waals surface area contributed by atoms with Gasteiger partial charge in [0.25, 0.3) is 8.32 Å². The van der Waals surface area contributed by atoms with Crippen LogP contribution in [0.25, 0.3) is 0 Å². The molecule has 0 aliphatic heterocycles. The second-order valence-electron chi connectivity index (χ2n) is 10.8. The molecule has 0 amide bonds. The third-order valence-electron chi connectivity index (χ3n) is 6.20. The summed E-state index contributed by atoms with van der Waals surface area (Å²) in [4.78, 5) is 0. The molecule has 35 heavy (non-hydrogen) atoms. The molecule has 3 aromatic carbocycles. The van der Waals surface area contributed by atoms with Crippen molar-refractivity contribution in [2.45, 2.75) is 56.9 Å². The van der Waals surface area contributed by atoms with Gasteiger partial charge in [-0.3, -0.25) is 0 Å². The predicted octanol–water partition coefficient (Wildman–Crippen LogP) is 5.03. The van der Waals surface area contributed by atoms with Crippen molar-refractivity contribution < 1.29 is 8.63 Å². The summed E-state index contributed by atoms with van der Waals surface area (Å²) in [5.41, 5.74) is -0.551. The standard InChI is InChI=1S/C29H36N2O2SSi/c1-27(2,3)34(32)31-29(22-30,24-16-10-7-11-17-24)23-33-35(28(4,5)6,25-18-12-8-13-19-25)26-20-14-9-15-21-26/h7-21,31H,23H2,1-6H3/t29-,34?/m0/s1. The van der Waals surface area contributed by atoms with Gasteiger partial charge in [-0.25, -0.2) is 8.93 Å². The highest BCUT2D eigenvalue weighted by atomic mass is 32.2. The normalized spacial score (nSPS) is 15.1. The first-order chi connectivity index (χ1) is 16.5. The van der Waals surface area contributed by atoms with Crippen molar-refractivity contribution in [1.82, 2.24) is 4.72 Å². The highest BCUT2D eigenvalue weighted by Crippen LogP contribution is 2.38. The number of nitrogens with one attached hydrogen (secondary N) is 1. The van der Waals surface area contributed by atoms with Crippen LogP contribution < -0.4 is 15.1 Å². The zero-order chi connectivity index (χ0) is 25.7. The van der Waals surface area contributed by atoms with Crippen molar-refractivity contribution in [3.63, 3.8) is 0 Å². The van der Waals surface area contributed by atoms with E-state index in [0.29, 0.717) is 0 Å². The first-order valence-corrected chi connectivity index (χ1v) is 14.9. The summed E-state index contributed by atoms with van der Waals surface area (Å²) >= 11 is 0. The third-order valence-corrected chi connectivity index (χ3v) is 12.8. The molecule has 1 N–H and O–H groups in total. The lowest BCUT2D eigenvalue weighted by Crippen LogP contribution is -2.68. The predicted molar refractivity (Wildman–Crippen MR) is 148 cm³/mol. The van der Waals surface area contributed by atoms with Crippen LogP contribution in [0.1, 0.15) is 47.1 Å². The molecule has 2 atom stereocenters. The maximum atomic E-state index is 13.3. The third kappa shape index (κ3) is 5.65. The van der Waals surface area contributed by atoms with Gasteiger partial charge in [-0.2, -0.15) is 5.26 Å². The van der Waals surface area contributed by atoms with Gasteiger partial charge < -0.3 is 4.43 Å². The van der Waals surface area contributed by atoms with E-state index in [9.17, 15) is 9.47 Å². The Labute approximate surface area is 214 Å². The summed E-state index contributed by atoms with van der Waals surface area (Å²) in [6, 6.07) is 32.6. The highest BCUT2D eigenvalue weighted by Gasteiger charge is 2.52. The zero-order valence-corrected chi connectivity index (χ0v) is 23.4. The number of rotatable bonds is 8. The second kappa shape index (κ2) is 10.6. The Hall–Kier alpha value is -2.56.